The first-order valence-electron chi connectivity index (χ1n) is 9.05. The van der Waals surface area contributed by atoms with Crippen molar-refractivity contribution in [2.45, 2.75) is 51.9 Å². The number of aliphatic hydroxyl groups is 1. The van der Waals surface area contributed by atoms with Crippen LogP contribution in [0.1, 0.15) is 39.7 Å². The van der Waals surface area contributed by atoms with E-state index in [0.29, 0.717) is 0 Å². The van der Waals surface area contributed by atoms with Gasteiger partial charge in [-0.3, -0.25) is 10.5 Å². The van der Waals surface area contributed by atoms with Crippen molar-refractivity contribution in [3.05, 3.63) is 60.2 Å². The SMILES string of the molecule is CCC(N)(O)C(=O)OC(C)(C)C.O=C(O)Cc1ccc(-c2ccccc2)cc1. The van der Waals surface area contributed by atoms with E-state index in [-0.39, 0.29) is 12.8 Å². The quantitative estimate of drug-likeness (QED) is 0.536. The van der Waals surface area contributed by atoms with Crippen LogP contribution in [0.3, 0.4) is 0 Å². The van der Waals surface area contributed by atoms with Crippen molar-refractivity contribution >= 4 is 11.9 Å². The molecular weight excluding hydrogens is 358 g/mol. The second-order valence-corrected chi connectivity index (χ2v) is 7.41. The molecule has 2 rings (SSSR count). The van der Waals surface area contributed by atoms with Gasteiger partial charge < -0.3 is 14.9 Å². The van der Waals surface area contributed by atoms with Gasteiger partial charge in [-0.25, -0.2) is 4.79 Å². The molecule has 6 nitrogen and oxygen atoms in total. The first-order chi connectivity index (χ1) is 12.9. The Morgan fingerprint density at radius 1 is 0.964 bits per heavy atom. The summed E-state index contributed by atoms with van der Waals surface area (Å²) < 4.78 is 4.88. The molecule has 0 bridgehead atoms. The first-order valence-corrected chi connectivity index (χ1v) is 9.05. The monoisotopic (exact) mass is 387 g/mol. The van der Waals surface area contributed by atoms with Gasteiger partial charge in [0, 0.05) is 0 Å². The van der Waals surface area contributed by atoms with Gasteiger partial charge in [0.1, 0.15) is 5.60 Å². The zero-order chi connectivity index (χ0) is 21.4. The molecule has 0 saturated heterocycles. The number of rotatable bonds is 5. The summed E-state index contributed by atoms with van der Waals surface area (Å²) in [7, 11) is 0. The summed E-state index contributed by atoms with van der Waals surface area (Å²) in [5.74, 6) is -1.58. The van der Waals surface area contributed by atoms with E-state index in [4.69, 9.17) is 15.6 Å². The number of hydrogen-bond donors (Lipinski definition) is 3. The lowest BCUT2D eigenvalue weighted by atomic mass is 10.0. The van der Waals surface area contributed by atoms with Crippen molar-refractivity contribution in [1.29, 1.82) is 0 Å². The first kappa shape index (κ1) is 23.3. The predicted molar refractivity (Wildman–Crippen MR) is 108 cm³/mol. The minimum absolute atomic E-state index is 0.0784. The van der Waals surface area contributed by atoms with E-state index in [0.717, 1.165) is 16.7 Å². The van der Waals surface area contributed by atoms with E-state index in [2.05, 4.69) is 0 Å². The van der Waals surface area contributed by atoms with Crippen molar-refractivity contribution in [2.24, 2.45) is 5.73 Å². The van der Waals surface area contributed by atoms with Gasteiger partial charge in [0.15, 0.2) is 0 Å². The molecule has 0 fully saturated rings. The molecule has 152 valence electrons. The number of carboxylic acid groups (broad SMARTS) is 1. The van der Waals surface area contributed by atoms with Gasteiger partial charge in [0.05, 0.1) is 6.42 Å². The molecule has 1 atom stereocenters. The third-order valence-electron chi connectivity index (χ3n) is 3.71. The highest BCUT2D eigenvalue weighted by atomic mass is 16.6. The number of aliphatic carboxylic acids is 1. The number of carbonyl (C=O) groups excluding carboxylic acids is 1. The Hall–Kier alpha value is -2.70. The number of carbonyl (C=O) groups is 2. The summed E-state index contributed by atoms with van der Waals surface area (Å²) >= 11 is 0. The molecule has 0 aliphatic heterocycles. The number of carboxylic acids is 1. The van der Waals surface area contributed by atoms with Crippen molar-refractivity contribution in [2.75, 3.05) is 0 Å². The van der Waals surface area contributed by atoms with Crippen LogP contribution < -0.4 is 5.73 Å². The largest absolute Gasteiger partial charge is 0.481 e. The fraction of sp³-hybridized carbons (Fsp3) is 0.364. The van der Waals surface area contributed by atoms with E-state index in [1.807, 2.05) is 54.6 Å². The Bertz CT molecular complexity index is 762. The van der Waals surface area contributed by atoms with Crippen molar-refractivity contribution in [1.82, 2.24) is 0 Å². The average molecular weight is 387 g/mol. The molecule has 6 heteroatoms. The highest BCUT2D eigenvalue weighted by molar-refractivity contribution is 5.78. The number of ether oxygens (including phenoxy) is 1. The minimum atomic E-state index is -1.85. The zero-order valence-electron chi connectivity index (χ0n) is 16.8. The van der Waals surface area contributed by atoms with Crippen LogP contribution in [0.2, 0.25) is 0 Å². The molecule has 2 aromatic carbocycles. The van der Waals surface area contributed by atoms with Gasteiger partial charge in [-0.2, -0.15) is 0 Å². The normalized spacial score (nSPS) is 12.9. The second-order valence-electron chi connectivity index (χ2n) is 7.41. The molecule has 28 heavy (non-hydrogen) atoms. The van der Waals surface area contributed by atoms with E-state index >= 15 is 0 Å². The standard InChI is InChI=1S/C14H12O2.C8H17NO3/c15-14(16)10-11-6-8-13(9-7-11)12-4-2-1-3-5-12;1-5-8(9,11)6(10)12-7(2,3)4/h1-9H,10H2,(H,15,16);11H,5,9H2,1-4H3. The molecule has 4 N–H and O–H groups in total. The molecule has 0 aliphatic rings. The van der Waals surface area contributed by atoms with Crippen molar-refractivity contribution in [3.63, 3.8) is 0 Å². The van der Waals surface area contributed by atoms with Crippen LogP contribution in [0.25, 0.3) is 11.1 Å². The maximum Gasteiger partial charge on any atom is 0.353 e. The van der Waals surface area contributed by atoms with Gasteiger partial charge in [-0.1, -0.05) is 61.5 Å². The summed E-state index contributed by atoms with van der Waals surface area (Å²) in [5, 5.41) is 17.9. The molecule has 0 aromatic heterocycles. The second kappa shape index (κ2) is 10.0. The molecule has 0 saturated carbocycles. The van der Waals surface area contributed by atoms with Crippen LogP contribution in [0.15, 0.2) is 54.6 Å². The van der Waals surface area contributed by atoms with Gasteiger partial charge in [-0.05, 0) is 43.9 Å². The number of hydrogen-bond acceptors (Lipinski definition) is 5. The molecule has 0 radical (unpaired) electrons. The van der Waals surface area contributed by atoms with Gasteiger partial charge in [0.25, 0.3) is 0 Å². The van der Waals surface area contributed by atoms with Crippen LogP contribution in [0.4, 0.5) is 0 Å². The molecule has 2 aromatic rings. The summed E-state index contributed by atoms with van der Waals surface area (Å²) in [6.07, 6.45) is 0.219. The Morgan fingerprint density at radius 3 is 1.89 bits per heavy atom. The summed E-state index contributed by atoms with van der Waals surface area (Å²) in [4.78, 5) is 21.6. The highest BCUT2D eigenvalue weighted by Crippen LogP contribution is 2.19. The molecule has 0 heterocycles. The highest BCUT2D eigenvalue weighted by Gasteiger charge is 2.33. The van der Waals surface area contributed by atoms with Crippen LogP contribution >= 0.6 is 0 Å². The van der Waals surface area contributed by atoms with Gasteiger partial charge in [-0.15, -0.1) is 0 Å². The molecule has 0 spiro atoms. The van der Waals surface area contributed by atoms with Crippen molar-refractivity contribution < 1.29 is 24.5 Å². The molecule has 1 unspecified atom stereocenters. The molecule has 0 amide bonds. The van der Waals surface area contributed by atoms with Crippen LogP contribution in [0, 0.1) is 0 Å². The minimum Gasteiger partial charge on any atom is -0.481 e. The fourth-order valence-corrected chi connectivity index (χ4v) is 2.13. The summed E-state index contributed by atoms with van der Waals surface area (Å²) in [6, 6.07) is 17.6. The van der Waals surface area contributed by atoms with Gasteiger partial charge >= 0.3 is 11.9 Å². The Labute approximate surface area is 166 Å². The Balaban J connectivity index is 0.000000295. The zero-order valence-corrected chi connectivity index (χ0v) is 16.8. The van der Waals surface area contributed by atoms with E-state index in [1.165, 1.54) is 0 Å². The molecular formula is C22H29NO5. The molecule has 0 aliphatic carbocycles. The number of esters is 1. The van der Waals surface area contributed by atoms with E-state index in [1.54, 1.807) is 27.7 Å². The lowest BCUT2D eigenvalue weighted by molar-refractivity contribution is -0.177. The van der Waals surface area contributed by atoms with Crippen LogP contribution in [-0.2, 0) is 20.7 Å². The maximum absolute atomic E-state index is 11.1. The van der Waals surface area contributed by atoms with Crippen molar-refractivity contribution in [3.8, 4) is 11.1 Å². The number of nitrogens with two attached hydrogens (primary N) is 1. The summed E-state index contributed by atoms with van der Waals surface area (Å²) in [5.41, 5.74) is 5.86. The topological polar surface area (TPSA) is 110 Å². The van der Waals surface area contributed by atoms with Crippen LogP contribution in [-0.4, -0.2) is 33.5 Å². The average Bonchev–Trinajstić information content (AvgIpc) is 2.62. The smallest absolute Gasteiger partial charge is 0.353 e. The lowest BCUT2D eigenvalue weighted by Gasteiger charge is -2.26. The fourth-order valence-electron chi connectivity index (χ4n) is 2.13. The van der Waals surface area contributed by atoms with Gasteiger partial charge in [0.2, 0.25) is 5.72 Å². The Morgan fingerprint density at radius 2 is 1.46 bits per heavy atom. The van der Waals surface area contributed by atoms with E-state index < -0.39 is 23.3 Å². The lowest BCUT2D eigenvalue weighted by Crippen LogP contribution is -2.50. The maximum atomic E-state index is 11.1. The predicted octanol–water partition coefficient (Wildman–Crippen LogP) is 3.37. The summed E-state index contributed by atoms with van der Waals surface area (Å²) in [6.45, 7) is 6.77. The van der Waals surface area contributed by atoms with E-state index in [9.17, 15) is 14.7 Å². The Kier molecular flexibility index (Phi) is 8.35. The third kappa shape index (κ3) is 8.33. The third-order valence-corrected chi connectivity index (χ3v) is 3.71. The number of benzene rings is 2. The van der Waals surface area contributed by atoms with Crippen LogP contribution in [0.5, 0.6) is 0 Å².